The van der Waals surface area contributed by atoms with Gasteiger partial charge in [0.25, 0.3) is 5.91 Å². The monoisotopic (exact) mass is 411 g/mol. The molecule has 0 spiro atoms. The van der Waals surface area contributed by atoms with Crippen LogP contribution in [-0.4, -0.2) is 82.6 Å². The van der Waals surface area contributed by atoms with E-state index < -0.39 is 10.0 Å². The topological polar surface area (TPSA) is 88.2 Å². The fraction of sp³-hybridized carbons (Fsp3) is 0.632. The predicted molar refractivity (Wildman–Crippen MR) is 105 cm³/mol. The van der Waals surface area contributed by atoms with Crippen LogP contribution in [0.3, 0.4) is 0 Å². The van der Waals surface area contributed by atoms with Gasteiger partial charge in [0.05, 0.1) is 18.1 Å². The van der Waals surface area contributed by atoms with Crippen LogP contribution in [0.2, 0.25) is 0 Å². The normalized spacial score (nSPS) is 18.9. The molecule has 0 unspecified atom stereocenters. The van der Waals surface area contributed by atoms with Crippen molar-refractivity contribution in [3.8, 4) is 5.75 Å². The van der Waals surface area contributed by atoms with Crippen molar-refractivity contribution in [2.24, 2.45) is 0 Å². The molecule has 1 aromatic rings. The standard InChI is InChI=1S/C19H29N3O5S/c1-16-14-17(28(24,25)22-7-2-3-8-22)4-5-18(16)27-15-19(23)20-6-9-21-10-12-26-13-11-21/h4-5,14H,2-3,6-13,15H2,1H3,(H,20,23). The lowest BCUT2D eigenvalue weighted by atomic mass is 10.2. The average molecular weight is 412 g/mol. The van der Waals surface area contributed by atoms with E-state index in [-0.39, 0.29) is 17.4 Å². The summed E-state index contributed by atoms with van der Waals surface area (Å²) in [6.45, 7) is 7.44. The van der Waals surface area contributed by atoms with E-state index in [2.05, 4.69) is 10.2 Å². The van der Waals surface area contributed by atoms with Crippen molar-refractivity contribution in [3.63, 3.8) is 0 Å². The number of nitrogens with zero attached hydrogens (tertiary/aromatic N) is 2. The number of morpholine rings is 1. The van der Waals surface area contributed by atoms with Gasteiger partial charge in [-0.1, -0.05) is 0 Å². The molecule has 156 valence electrons. The number of hydrogen-bond donors (Lipinski definition) is 1. The van der Waals surface area contributed by atoms with Gasteiger partial charge in [0.1, 0.15) is 5.75 Å². The number of carbonyl (C=O) groups excluding carboxylic acids is 1. The molecule has 0 saturated carbocycles. The van der Waals surface area contributed by atoms with Gasteiger partial charge in [0.2, 0.25) is 10.0 Å². The molecule has 1 aromatic carbocycles. The number of benzene rings is 1. The summed E-state index contributed by atoms with van der Waals surface area (Å²) in [7, 11) is -3.45. The van der Waals surface area contributed by atoms with E-state index in [1.165, 1.54) is 4.31 Å². The van der Waals surface area contributed by atoms with E-state index in [0.717, 1.165) is 45.7 Å². The van der Waals surface area contributed by atoms with E-state index in [0.29, 0.717) is 30.9 Å². The highest BCUT2D eigenvalue weighted by atomic mass is 32.2. The van der Waals surface area contributed by atoms with Crippen LogP contribution < -0.4 is 10.1 Å². The molecule has 9 heteroatoms. The number of carbonyl (C=O) groups is 1. The Hall–Kier alpha value is -1.68. The van der Waals surface area contributed by atoms with Crippen molar-refractivity contribution in [1.82, 2.24) is 14.5 Å². The first kappa shape index (κ1) is 21.0. The van der Waals surface area contributed by atoms with E-state index >= 15 is 0 Å². The molecule has 2 saturated heterocycles. The van der Waals surface area contributed by atoms with Crippen LogP contribution in [0.1, 0.15) is 18.4 Å². The molecule has 8 nitrogen and oxygen atoms in total. The molecule has 2 heterocycles. The Balaban J connectivity index is 1.47. The van der Waals surface area contributed by atoms with E-state index in [4.69, 9.17) is 9.47 Å². The van der Waals surface area contributed by atoms with Gasteiger partial charge < -0.3 is 14.8 Å². The highest BCUT2D eigenvalue weighted by Gasteiger charge is 2.27. The molecule has 1 amide bonds. The summed E-state index contributed by atoms with van der Waals surface area (Å²) in [5.74, 6) is 0.324. The SMILES string of the molecule is Cc1cc(S(=O)(=O)N2CCCC2)ccc1OCC(=O)NCCN1CCOCC1. The van der Waals surface area contributed by atoms with Gasteiger partial charge in [0, 0.05) is 39.3 Å². The Labute approximate surface area is 166 Å². The van der Waals surface area contributed by atoms with Crippen LogP contribution in [-0.2, 0) is 19.6 Å². The molecular formula is C19H29N3O5S. The maximum absolute atomic E-state index is 12.6. The van der Waals surface area contributed by atoms with Crippen LogP contribution >= 0.6 is 0 Å². The largest absolute Gasteiger partial charge is 0.484 e. The number of ether oxygens (including phenoxy) is 2. The fourth-order valence-corrected chi connectivity index (χ4v) is 5.00. The summed E-state index contributed by atoms with van der Waals surface area (Å²) in [5.41, 5.74) is 0.696. The summed E-state index contributed by atoms with van der Waals surface area (Å²) in [6, 6.07) is 4.78. The van der Waals surface area contributed by atoms with Crippen molar-refractivity contribution < 1.29 is 22.7 Å². The van der Waals surface area contributed by atoms with Crippen LogP contribution in [0, 0.1) is 6.92 Å². The van der Waals surface area contributed by atoms with Crippen molar-refractivity contribution in [2.75, 3.05) is 59.1 Å². The van der Waals surface area contributed by atoms with Crippen LogP contribution in [0.5, 0.6) is 5.75 Å². The smallest absolute Gasteiger partial charge is 0.257 e. The molecule has 3 rings (SSSR count). The average Bonchev–Trinajstić information content (AvgIpc) is 3.23. The Morgan fingerprint density at radius 2 is 1.89 bits per heavy atom. The van der Waals surface area contributed by atoms with Crippen LogP contribution in [0.4, 0.5) is 0 Å². The maximum atomic E-state index is 12.6. The van der Waals surface area contributed by atoms with Gasteiger partial charge in [-0.3, -0.25) is 9.69 Å². The van der Waals surface area contributed by atoms with Crippen molar-refractivity contribution >= 4 is 15.9 Å². The molecule has 0 aliphatic carbocycles. The molecule has 0 radical (unpaired) electrons. The predicted octanol–water partition coefficient (Wildman–Crippen LogP) is 0.607. The first-order chi connectivity index (χ1) is 13.5. The Kier molecular flexibility index (Phi) is 7.28. The molecule has 0 aromatic heterocycles. The maximum Gasteiger partial charge on any atom is 0.257 e. The number of sulfonamides is 1. The minimum Gasteiger partial charge on any atom is -0.484 e. The van der Waals surface area contributed by atoms with Crippen molar-refractivity contribution in [2.45, 2.75) is 24.7 Å². The zero-order valence-electron chi connectivity index (χ0n) is 16.4. The molecule has 0 atom stereocenters. The third-order valence-corrected chi connectivity index (χ3v) is 6.96. The molecule has 0 bridgehead atoms. The van der Waals surface area contributed by atoms with Crippen molar-refractivity contribution in [3.05, 3.63) is 23.8 Å². The van der Waals surface area contributed by atoms with Gasteiger partial charge in [-0.2, -0.15) is 4.31 Å². The minimum absolute atomic E-state index is 0.0951. The Bertz CT molecular complexity index is 772. The first-order valence-corrected chi connectivity index (χ1v) is 11.2. The number of aryl methyl sites for hydroxylation is 1. The molecule has 1 N–H and O–H groups in total. The van der Waals surface area contributed by atoms with Gasteiger partial charge in [-0.05, 0) is 43.5 Å². The quantitative estimate of drug-likeness (QED) is 0.674. The Morgan fingerprint density at radius 1 is 1.18 bits per heavy atom. The Morgan fingerprint density at radius 3 is 2.57 bits per heavy atom. The fourth-order valence-electron chi connectivity index (χ4n) is 3.39. The second-order valence-corrected chi connectivity index (χ2v) is 9.07. The van der Waals surface area contributed by atoms with Gasteiger partial charge >= 0.3 is 0 Å². The van der Waals surface area contributed by atoms with Gasteiger partial charge in [-0.15, -0.1) is 0 Å². The zero-order valence-corrected chi connectivity index (χ0v) is 17.2. The molecule has 2 aliphatic heterocycles. The van der Waals surface area contributed by atoms with Crippen LogP contribution in [0.15, 0.2) is 23.1 Å². The van der Waals surface area contributed by atoms with E-state index in [1.807, 2.05) is 0 Å². The molecule has 2 aliphatic rings. The summed E-state index contributed by atoms with van der Waals surface area (Å²) in [5, 5.41) is 2.84. The van der Waals surface area contributed by atoms with E-state index in [9.17, 15) is 13.2 Å². The second-order valence-electron chi connectivity index (χ2n) is 7.13. The van der Waals surface area contributed by atoms with E-state index in [1.54, 1.807) is 25.1 Å². The third-order valence-electron chi connectivity index (χ3n) is 5.06. The number of nitrogens with one attached hydrogen (secondary N) is 1. The van der Waals surface area contributed by atoms with Crippen LogP contribution in [0.25, 0.3) is 0 Å². The number of hydrogen-bond acceptors (Lipinski definition) is 6. The third kappa shape index (κ3) is 5.44. The van der Waals surface area contributed by atoms with Gasteiger partial charge in [0.15, 0.2) is 6.61 Å². The summed E-state index contributed by atoms with van der Waals surface area (Å²) < 4.78 is 37.6. The lowest BCUT2D eigenvalue weighted by Crippen LogP contribution is -2.42. The lowest BCUT2D eigenvalue weighted by Gasteiger charge is -2.26. The van der Waals surface area contributed by atoms with Gasteiger partial charge in [-0.25, -0.2) is 8.42 Å². The lowest BCUT2D eigenvalue weighted by molar-refractivity contribution is -0.123. The van der Waals surface area contributed by atoms with Crippen molar-refractivity contribution in [1.29, 1.82) is 0 Å². The summed E-state index contributed by atoms with van der Waals surface area (Å²) in [6.07, 6.45) is 1.81. The molecule has 2 fully saturated rings. The first-order valence-electron chi connectivity index (χ1n) is 9.77. The molecular weight excluding hydrogens is 382 g/mol. The summed E-state index contributed by atoms with van der Waals surface area (Å²) >= 11 is 0. The summed E-state index contributed by atoms with van der Waals surface area (Å²) in [4.78, 5) is 14.5. The highest BCUT2D eigenvalue weighted by molar-refractivity contribution is 7.89. The zero-order chi connectivity index (χ0) is 20.0. The highest BCUT2D eigenvalue weighted by Crippen LogP contribution is 2.26. The minimum atomic E-state index is -3.45. The number of rotatable bonds is 8. The number of amides is 1. The second kappa shape index (κ2) is 9.69. The molecule has 28 heavy (non-hydrogen) atoms.